The van der Waals surface area contributed by atoms with Gasteiger partial charge in [0.05, 0.1) is 6.10 Å². The molecule has 0 aromatic heterocycles. The molecule has 1 N–H and O–H groups in total. The molecule has 18 heavy (non-hydrogen) atoms. The standard InChI is InChI=1S/C16H35NO/c1-5-8-9-10-11-12-13-15(17-14-6-2)16(7-3)18-4/h15-17H,5-14H2,1-4H3. The van der Waals surface area contributed by atoms with Crippen molar-refractivity contribution in [3.63, 3.8) is 0 Å². The van der Waals surface area contributed by atoms with E-state index in [4.69, 9.17) is 4.74 Å². The van der Waals surface area contributed by atoms with Crippen molar-refractivity contribution in [3.05, 3.63) is 0 Å². The number of rotatable bonds is 13. The van der Waals surface area contributed by atoms with E-state index in [0.29, 0.717) is 12.1 Å². The van der Waals surface area contributed by atoms with Crippen molar-refractivity contribution in [2.24, 2.45) is 0 Å². The van der Waals surface area contributed by atoms with Crippen molar-refractivity contribution in [1.82, 2.24) is 5.32 Å². The second-order valence-corrected chi connectivity index (χ2v) is 5.30. The molecule has 2 atom stereocenters. The van der Waals surface area contributed by atoms with Gasteiger partial charge in [-0.05, 0) is 25.8 Å². The van der Waals surface area contributed by atoms with Crippen LogP contribution in [0.5, 0.6) is 0 Å². The van der Waals surface area contributed by atoms with Crippen LogP contribution < -0.4 is 5.32 Å². The molecule has 0 heterocycles. The Bertz CT molecular complexity index is 157. The Labute approximate surface area is 115 Å². The summed E-state index contributed by atoms with van der Waals surface area (Å²) in [6.45, 7) is 7.83. The lowest BCUT2D eigenvalue weighted by Gasteiger charge is -2.26. The summed E-state index contributed by atoms with van der Waals surface area (Å²) in [6, 6.07) is 0.547. The molecule has 0 saturated heterocycles. The Hall–Kier alpha value is -0.0800. The zero-order valence-corrected chi connectivity index (χ0v) is 13.1. The molecule has 2 nitrogen and oxygen atoms in total. The fourth-order valence-electron chi connectivity index (χ4n) is 2.51. The minimum absolute atomic E-state index is 0.382. The molecular formula is C16H35NO. The lowest BCUT2D eigenvalue weighted by atomic mass is 10.00. The van der Waals surface area contributed by atoms with E-state index in [9.17, 15) is 0 Å². The van der Waals surface area contributed by atoms with Crippen molar-refractivity contribution < 1.29 is 4.74 Å². The summed E-state index contributed by atoms with van der Waals surface area (Å²) >= 11 is 0. The highest BCUT2D eigenvalue weighted by atomic mass is 16.5. The van der Waals surface area contributed by atoms with Crippen LogP contribution in [0.15, 0.2) is 0 Å². The maximum atomic E-state index is 5.59. The number of unbranched alkanes of at least 4 members (excludes halogenated alkanes) is 5. The molecule has 0 fully saturated rings. The van der Waals surface area contributed by atoms with Crippen molar-refractivity contribution in [3.8, 4) is 0 Å². The van der Waals surface area contributed by atoms with Crippen LogP contribution in [0.1, 0.15) is 78.6 Å². The predicted molar refractivity (Wildman–Crippen MR) is 81.2 cm³/mol. The van der Waals surface area contributed by atoms with Crippen LogP contribution >= 0.6 is 0 Å². The lowest BCUT2D eigenvalue weighted by Crippen LogP contribution is -2.41. The number of ether oxygens (including phenoxy) is 1. The Morgan fingerprint density at radius 2 is 1.56 bits per heavy atom. The first kappa shape index (κ1) is 17.9. The number of hydrogen-bond acceptors (Lipinski definition) is 2. The third-order valence-electron chi connectivity index (χ3n) is 3.68. The summed E-state index contributed by atoms with van der Waals surface area (Å²) in [4.78, 5) is 0. The molecule has 2 unspecified atom stereocenters. The Kier molecular flexibility index (Phi) is 13.3. The van der Waals surface area contributed by atoms with Gasteiger partial charge >= 0.3 is 0 Å². The topological polar surface area (TPSA) is 21.3 Å². The normalized spacial score (nSPS) is 14.7. The number of nitrogens with one attached hydrogen (secondary N) is 1. The minimum atomic E-state index is 0.382. The number of methoxy groups -OCH3 is 1. The van der Waals surface area contributed by atoms with Crippen LogP contribution in [0.3, 0.4) is 0 Å². The van der Waals surface area contributed by atoms with Crippen molar-refractivity contribution in [1.29, 1.82) is 0 Å². The van der Waals surface area contributed by atoms with Gasteiger partial charge in [-0.25, -0.2) is 0 Å². The summed E-state index contributed by atoms with van der Waals surface area (Å²) in [5.41, 5.74) is 0. The second kappa shape index (κ2) is 13.4. The molecule has 0 saturated carbocycles. The van der Waals surface area contributed by atoms with Gasteiger partial charge in [0.15, 0.2) is 0 Å². The van der Waals surface area contributed by atoms with E-state index in [0.717, 1.165) is 13.0 Å². The predicted octanol–water partition coefficient (Wildman–Crippen LogP) is 4.53. The van der Waals surface area contributed by atoms with Gasteiger partial charge in [0, 0.05) is 13.2 Å². The molecule has 0 rings (SSSR count). The smallest absolute Gasteiger partial charge is 0.0721 e. The average molecular weight is 257 g/mol. The third kappa shape index (κ3) is 8.93. The quantitative estimate of drug-likeness (QED) is 0.489. The van der Waals surface area contributed by atoms with Crippen LogP contribution in [0.2, 0.25) is 0 Å². The van der Waals surface area contributed by atoms with Crippen molar-refractivity contribution >= 4 is 0 Å². The van der Waals surface area contributed by atoms with E-state index in [1.807, 2.05) is 7.11 Å². The van der Waals surface area contributed by atoms with Crippen LogP contribution in [-0.2, 0) is 4.74 Å². The zero-order chi connectivity index (χ0) is 13.6. The Morgan fingerprint density at radius 3 is 2.11 bits per heavy atom. The molecule has 0 spiro atoms. The van der Waals surface area contributed by atoms with Gasteiger partial charge in [-0.1, -0.05) is 59.3 Å². The van der Waals surface area contributed by atoms with Gasteiger partial charge in [-0.3, -0.25) is 0 Å². The van der Waals surface area contributed by atoms with Gasteiger partial charge in [-0.2, -0.15) is 0 Å². The van der Waals surface area contributed by atoms with Gasteiger partial charge in [0.2, 0.25) is 0 Å². The first-order chi connectivity index (χ1) is 8.79. The van der Waals surface area contributed by atoms with Gasteiger partial charge < -0.3 is 10.1 Å². The first-order valence-electron chi connectivity index (χ1n) is 8.06. The van der Waals surface area contributed by atoms with E-state index in [1.54, 1.807) is 0 Å². The highest BCUT2D eigenvalue weighted by Gasteiger charge is 2.17. The molecule has 0 aliphatic rings. The van der Waals surface area contributed by atoms with E-state index >= 15 is 0 Å². The molecule has 0 aromatic rings. The average Bonchev–Trinajstić information content (AvgIpc) is 2.40. The molecule has 2 heteroatoms. The molecule has 0 radical (unpaired) electrons. The molecule has 0 aliphatic carbocycles. The van der Waals surface area contributed by atoms with Crippen molar-refractivity contribution in [2.75, 3.05) is 13.7 Å². The first-order valence-corrected chi connectivity index (χ1v) is 8.06. The van der Waals surface area contributed by atoms with E-state index < -0.39 is 0 Å². The van der Waals surface area contributed by atoms with E-state index in [-0.39, 0.29) is 0 Å². The fourth-order valence-corrected chi connectivity index (χ4v) is 2.51. The SMILES string of the molecule is CCCCCCCCC(NCCC)C(CC)OC. The minimum Gasteiger partial charge on any atom is -0.380 e. The highest BCUT2D eigenvalue weighted by Crippen LogP contribution is 2.13. The van der Waals surface area contributed by atoms with Crippen LogP contribution in [0.4, 0.5) is 0 Å². The summed E-state index contributed by atoms with van der Waals surface area (Å²) < 4.78 is 5.59. The summed E-state index contributed by atoms with van der Waals surface area (Å²) in [6.07, 6.45) is 12.2. The van der Waals surface area contributed by atoms with E-state index in [1.165, 1.54) is 51.4 Å². The molecule has 110 valence electrons. The van der Waals surface area contributed by atoms with Gasteiger partial charge in [0.25, 0.3) is 0 Å². The fraction of sp³-hybridized carbons (Fsp3) is 1.00. The monoisotopic (exact) mass is 257 g/mol. The molecular weight excluding hydrogens is 222 g/mol. The van der Waals surface area contributed by atoms with Gasteiger partial charge in [0.1, 0.15) is 0 Å². The second-order valence-electron chi connectivity index (χ2n) is 5.30. The maximum absolute atomic E-state index is 5.59. The summed E-state index contributed by atoms with van der Waals surface area (Å²) in [5, 5.41) is 3.65. The van der Waals surface area contributed by atoms with Crippen LogP contribution in [0.25, 0.3) is 0 Å². The molecule has 0 bridgehead atoms. The maximum Gasteiger partial charge on any atom is 0.0721 e. The molecule has 0 aliphatic heterocycles. The highest BCUT2D eigenvalue weighted by molar-refractivity contribution is 4.76. The Balaban J connectivity index is 3.78. The zero-order valence-electron chi connectivity index (χ0n) is 13.1. The summed E-state index contributed by atoms with van der Waals surface area (Å²) in [7, 11) is 1.84. The molecule has 0 amide bonds. The van der Waals surface area contributed by atoms with Gasteiger partial charge in [-0.15, -0.1) is 0 Å². The van der Waals surface area contributed by atoms with E-state index in [2.05, 4.69) is 26.1 Å². The Morgan fingerprint density at radius 1 is 0.889 bits per heavy atom. The van der Waals surface area contributed by atoms with Crippen LogP contribution in [0, 0.1) is 0 Å². The number of hydrogen-bond donors (Lipinski definition) is 1. The molecule has 0 aromatic carbocycles. The lowest BCUT2D eigenvalue weighted by molar-refractivity contribution is 0.0616. The summed E-state index contributed by atoms with van der Waals surface area (Å²) in [5.74, 6) is 0. The van der Waals surface area contributed by atoms with Crippen LogP contribution in [-0.4, -0.2) is 25.8 Å². The largest absolute Gasteiger partial charge is 0.380 e. The third-order valence-corrected chi connectivity index (χ3v) is 3.68. The van der Waals surface area contributed by atoms with Crippen molar-refractivity contribution in [2.45, 2.75) is 90.7 Å².